The van der Waals surface area contributed by atoms with E-state index in [0.717, 1.165) is 78.1 Å². The molecule has 0 N–H and O–H groups in total. The van der Waals surface area contributed by atoms with Gasteiger partial charge >= 0.3 is 0 Å². The minimum absolute atomic E-state index is 0.368. The summed E-state index contributed by atoms with van der Waals surface area (Å²) < 4.78 is 11.8. The fourth-order valence-corrected chi connectivity index (χ4v) is 5.03. The first kappa shape index (κ1) is 21.9. The average Bonchev–Trinajstić information content (AvgIpc) is 3.29. The number of rotatable bonds is 7. The van der Waals surface area contributed by atoms with Crippen LogP contribution in [0.1, 0.15) is 54.8 Å². The average molecular weight is 423 g/mol. The Hall–Kier alpha value is -2.36. The zero-order valence-electron chi connectivity index (χ0n) is 19.1. The molecule has 31 heavy (non-hydrogen) atoms. The Labute approximate surface area is 185 Å². The maximum absolute atomic E-state index is 9.90. The molecule has 0 saturated carbocycles. The second kappa shape index (κ2) is 9.84. The molecule has 4 rings (SSSR count). The third-order valence-electron chi connectivity index (χ3n) is 6.80. The smallest absolute Gasteiger partial charge is 0.163 e. The summed E-state index contributed by atoms with van der Waals surface area (Å²) in [5.41, 5.74) is 3.55. The van der Waals surface area contributed by atoms with Gasteiger partial charge in [-0.05, 0) is 89.8 Å². The number of piperidine rings is 1. The number of aromatic nitrogens is 1. The SMILES string of the molecule is COc1cc2c(C3CCN(C)CC3)c(C#N)c(C)nc2cc1OCCCN1CCCC1. The van der Waals surface area contributed by atoms with Crippen LogP contribution in [0, 0.1) is 18.3 Å². The number of pyridine rings is 1. The molecule has 1 aromatic heterocycles. The van der Waals surface area contributed by atoms with Crippen molar-refractivity contribution in [2.75, 3.05) is 53.5 Å². The molecule has 2 fully saturated rings. The molecule has 2 saturated heterocycles. The molecule has 2 aliphatic rings. The molecule has 0 atom stereocenters. The highest BCUT2D eigenvalue weighted by molar-refractivity contribution is 5.88. The van der Waals surface area contributed by atoms with E-state index in [1.54, 1.807) is 7.11 Å². The van der Waals surface area contributed by atoms with Crippen molar-refractivity contribution in [2.24, 2.45) is 0 Å². The Balaban J connectivity index is 1.62. The highest BCUT2D eigenvalue weighted by atomic mass is 16.5. The molecule has 0 bridgehead atoms. The van der Waals surface area contributed by atoms with Gasteiger partial charge < -0.3 is 19.3 Å². The summed E-state index contributed by atoms with van der Waals surface area (Å²) in [5, 5.41) is 10.9. The molecule has 0 amide bonds. The van der Waals surface area contributed by atoms with Crippen molar-refractivity contribution < 1.29 is 9.47 Å². The van der Waals surface area contributed by atoms with Crippen LogP contribution in [0.4, 0.5) is 0 Å². The molecule has 3 heterocycles. The summed E-state index contributed by atoms with van der Waals surface area (Å²) >= 11 is 0. The number of nitrogens with zero attached hydrogens (tertiary/aromatic N) is 4. The van der Waals surface area contributed by atoms with Crippen LogP contribution in [0.2, 0.25) is 0 Å². The maximum Gasteiger partial charge on any atom is 0.163 e. The first-order valence-electron chi connectivity index (χ1n) is 11.6. The fraction of sp³-hybridized carbons (Fsp3) is 0.600. The lowest BCUT2D eigenvalue weighted by molar-refractivity contribution is 0.254. The van der Waals surface area contributed by atoms with Crippen molar-refractivity contribution in [3.8, 4) is 17.6 Å². The summed E-state index contributed by atoms with van der Waals surface area (Å²) in [6, 6.07) is 6.46. The predicted molar refractivity (Wildman–Crippen MR) is 123 cm³/mol. The number of ether oxygens (including phenoxy) is 2. The zero-order chi connectivity index (χ0) is 21.8. The Kier molecular flexibility index (Phi) is 6.94. The molecule has 6 nitrogen and oxygen atoms in total. The third kappa shape index (κ3) is 4.78. The summed E-state index contributed by atoms with van der Waals surface area (Å²) in [6.45, 7) is 8.21. The lowest BCUT2D eigenvalue weighted by Gasteiger charge is -2.30. The lowest BCUT2D eigenvalue weighted by atomic mass is 9.84. The molecule has 0 radical (unpaired) electrons. The highest BCUT2D eigenvalue weighted by Gasteiger charge is 2.26. The number of nitriles is 1. The minimum Gasteiger partial charge on any atom is -0.493 e. The Bertz CT molecular complexity index is 954. The molecule has 166 valence electrons. The largest absolute Gasteiger partial charge is 0.493 e. The van der Waals surface area contributed by atoms with E-state index in [1.165, 1.54) is 25.9 Å². The molecule has 2 aliphatic heterocycles. The summed E-state index contributed by atoms with van der Waals surface area (Å²) in [5.74, 6) is 1.83. The van der Waals surface area contributed by atoms with Crippen molar-refractivity contribution in [3.63, 3.8) is 0 Å². The number of hydrogen-bond acceptors (Lipinski definition) is 6. The van der Waals surface area contributed by atoms with Gasteiger partial charge in [0.05, 0.1) is 30.5 Å². The fourth-order valence-electron chi connectivity index (χ4n) is 5.03. The second-order valence-electron chi connectivity index (χ2n) is 8.95. The number of benzene rings is 1. The topological polar surface area (TPSA) is 61.6 Å². The molecule has 2 aromatic rings. The van der Waals surface area contributed by atoms with E-state index in [9.17, 15) is 5.26 Å². The van der Waals surface area contributed by atoms with E-state index in [1.807, 2.05) is 19.1 Å². The van der Waals surface area contributed by atoms with E-state index in [4.69, 9.17) is 14.5 Å². The van der Waals surface area contributed by atoms with Gasteiger partial charge in [0, 0.05) is 18.0 Å². The predicted octanol–water partition coefficient (Wildman–Crippen LogP) is 4.10. The van der Waals surface area contributed by atoms with Crippen LogP contribution in [0.5, 0.6) is 11.5 Å². The number of fused-ring (bicyclic) bond motifs is 1. The Morgan fingerprint density at radius 1 is 1.13 bits per heavy atom. The maximum atomic E-state index is 9.90. The van der Waals surface area contributed by atoms with E-state index in [-0.39, 0.29) is 0 Å². The Morgan fingerprint density at radius 2 is 1.87 bits per heavy atom. The zero-order valence-corrected chi connectivity index (χ0v) is 19.1. The number of likely N-dealkylation sites (tertiary alicyclic amines) is 2. The van der Waals surface area contributed by atoms with Crippen LogP contribution in [-0.4, -0.2) is 68.3 Å². The van der Waals surface area contributed by atoms with Crippen LogP contribution in [0.3, 0.4) is 0 Å². The van der Waals surface area contributed by atoms with Crippen LogP contribution in [-0.2, 0) is 0 Å². The quantitative estimate of drug-likeness (QED) is 0.626. The minimum atomic E-state index is 0.368. The summed E-state index contributed by atoms with van der Waals surface area (Å²) in [4.78, 5) is 9.63. The van der Waals surface area contributed by atoms with E-state index in [2.05, 4.69) is 22.9 Å². The van der Waals surface area contributed by atoms with E-state index >= 15 is 0 Å². The van der Waals surface area contributed by atoms with Crippen molar-refractivity contribution in [3.05, 3.63) is 29.0 Å². The summed E-state index contributed by atoms with van der Waals surface area (Å²) in [7, 11) is 3.84. The van der Waals surface area contributed by atoms with Gasteiger partial charge in [-0.3, -0.25) is 4.98 Å². The van der Waals surface area contributed by atoms with Crippen LogP contribution >= 0.6 is 0 Å². The lowest BCUT2D eigenvalue weighted by Crippen LogP contribution is -2.29. The number of hydrogen-bond donors (Lipinski definition) is 0. The van der Waals surface area contributed by atoms with Crippen LogP contribution < -0.4 is 9.47 Å². The number of aryl methyl sites for hydroxylation is 1. The summed E-state index contributed by atoms with van der Waals surface area (Å²) in [6.07, 6.45) is 5.74. The molecule has 0 aliphatic carbocycles. The van der Waals surface area contributed by atoms with Gasteiger partial charge in [0.25, 0.3) is 0 Å². The van der Waals surface area contributed by atoms with Gasteiger partial charge in [-0.25, -0.2) is 0 Å². The van der Waals surface area contributed by atoms with Gasteiger partial charge in [-0.2, -0.15) is 5.26 Å². The molecular formula is C25H34N4O2. The molecule has 1 aromatic carbocycles. The van der Waals surface area contributed by atoms with Gasteiger partial charge in [0.15, 0.2) is 11.5 Å². The molecular weight excluding hydrogens is 388 g/mol. The van der Waals surface area contributed by atoms with Crippen LogP contribution in [0.25, 0.3) is 10.9 Å². The normalized spacial score (nSPS) is 18.4. The van der Waals surface area contributed by atoms with Crippen molar-refractivity contribution in [1.82, 2.24) is 14.8 Å². The van der Waals surface area contributed by atoms with E-state index < -0.39 is 0 Å². The molecule has 0 unspecified atom stereocenters. The second-order valence-corrected chi connectivity index (χ2v) is 8.95. The van der Waals surface area contributed by atoms with Crippen LogP contribution in [0.15, 0.2) is 12.1 Å². The van der Waals surface area contributed by atoms with Gasteiger partial charge in [-0.1, -0.05) is 0 Å². The van der Waals surface area contributed by atoms with E-state index in [0.29, 0.717) is 12.5 Å². The molecule has 0 spiro atoms. The molecule has 6 heteroatoms. The third-order valence-corrected chi connectivity index (χ3v) is 6.80. The standard InChI is InChI=1S/C25H34N4O2/c1-18-21(17-26)25(19-7-12-28(2)13-8-19)20-15-23(30-3)24(16-22(20)27-18)31-14-6-11-29-9-4-5-10-29/h15-16,19H,4-14H2,1-3H3. The first-order valence-corrected chi connectivity index (χ1v) is 11.6. The monoisotopic (exact) mass is 422 g/mol. The number of methoxy groups -OCH3 is 1. The first-order chi connectivity index (χ1) is 15.1. The highest BCUT2D eigenvalue weighted by Crippen LogP contribution is 2.40. The van der Waals surface area contributed by atoms with Crippen molar-refractivity contribution in [2.45, 2.75) is 44.9 Å². The van der Waals surface area contributed by atoms with Gasteiger partial charge in [0.1, 0.15) is 6.07 Å². The van der Waals surface area contributed by atoms with Gasteiger partial charge in [-0.15, -0.1) is 0 Å². The van der Waals surface area contributed by atoms with Gasteiger partial charge in [0.2, 0.25) is 0 Å². The Morgan fingerprint density at radius 3 is 2.55 bits per heavy atom. The van der Waals surface area contributed by atoms with Crippen molar-refractivity contribution >= 4 is 10.9 Å². The van der Waals surface area contributed by atoms with Crippen molar-refractivity contribution in [1.29, 1.82) is 5.26 Å².